The van der Waals surface area contributed by atoms with Gasteiger partial charge in [0.2, 0.25) is 0 Å². The van der Waals surface area contributed by atoms with Crippen molar-refractivity contribution >= 4 is 11.8 Å². The van der Waals surface area contributed by atoms with Gasteiger partial charge >= 0.3 is 0 Å². The smallest absolute Gasteiger partial charge is 0.0666 e. The molecule has 0 radical (unpaired) electrons. The zero-order chi connectivity index (χ0) is 12.8. The molecule has 2 aliphatic rings. The fraction of sp³-hybridized carbons (Fsp3) is 1.00. The van der Waals surface area contributed by atoms with E-state index >= 15 is 0 Å². The summed E-state index contributed by atoms with van der Waals surface area (Å²) in [4.78, 5) is 0. The number of ether oxygens (including phenoxy) is 1. The first-order valence-corrected chi connectivity index (χ1v) is 8.85. The Labute approximate surface area is 117 Å². The molecule has 1 heterocycles. The van der Waals surface area contributed by atoms with Crippen molar-refractivity contribution in [2.45, 2.75) is 69.8 Å². The molecule has 2 rings (SSSR count). The Balaban J connectivity index is 1.79. The van der Waals surface area contributed by atoms with Crippen LogP contribution in [0.1, 0.15) is 52.4 Å². The summed E-state index contributed by atoms with van der Waals surface area (Å²) < 4.78 is 5.75. The maximum atomic E-state index is 5.75. The van der Waals surface area contributed by atoms with E-state index in [9.17, 15) is 0 Å². The zero-order valence-electron chi connectivity index (χ0n) is 12.0. The minimum Gasteiger partial charge on any atom is -0.377 e. The summed E-state index contributed by atoms with van der Waals surface area (Å²) >= 11 is 2.17. The Morgan fingerprint density at radius 1 is 1.22 bits per heavy atom. The van der Waals surface area contributed by atoms with Gasteiger partial charge in [-0.3, -0.25) is 0 Å². The van der Waals surface area contributed by atoms with Gasteiger partial charge in [0.15, 0.2) is 0 Å². The molecular formula is C15H29NOS. The first-order chi connectivity index (χ1) is 8.83. The number of thioether (sulfide) groups is 1. The molecule has 0 aromatic rings. The van der Waals surface area contributed by atoms with Gasteiger partial charge in [0.1, 0.15) is 0 Å². The van der Waals surface area contributed by atoms with Crippen LogP contribution in [0, 0.1) is 5.92 Å². The molecule has 1 aliphatic carbocycles. The lowest BCUT2D eigenvalue weighted by atomic mass is 9.84. The molecule has 106 valence electrons. The lowest BCUT2D eigenvalue weighted by Gasteiger charge is -2.36. The van der Waals surface area contributed by atoms with Crippen LogP contribution in [0.25, 0.3) is 0 Å². The van der Waals surface area contributed by atoms with Crippen molar-refractivity contribution < 1.29 is 4.74 Å². The second kappa shape index (κ2) is 7.76. The third-order valence-corrected chi connectivity index (χ3v) is 5.98. The lowest BCUT2D eigenvalue weighted by molar-refractivity contribution is 0.128. The molecule has 4 unspecified atom stereocenters. The largest absolute Gasteiger partial charge is 0.377 e. The van der Waals surface area contributed by atoms with Gasteiger partial charge < -0.3 is 10.1 Å². The Morgan fingerprint density at radius 2 is 2.11 bits per heavy atom. The minimum atomic E-state index is 0.541. The maximum absolute atomic E-state index is 5.75. The SMILES string of the molecule is CCNC1CCC(CC)CC1SCC1CCCO1. The van der Waals surface area contributed by atoms with Crippen molar-refractivity contribution in [3.8, 4) is 0 Å². The topological polar surface area (TPSA) is 21.3 Å². The van der Waals surface area contributed by atoms with Gasteiger partial charge in [0, 0.05) is 23.7 Å². The highest BCUT2D eigenvalue weighted by Crippen LogP contribution is 2.35. The average molecular weight is 271 g/mol. The first kappa shape index (κ1) is 14.7. The molecule has 2 nitrogen and oxygen atoms in total. The second-order valence-electron chi connectivity index (χ2n) is 5.76. The Bertz CT molecular complexity index is 231. The Kier molecular flexibility index (Phi) is 6.33. The number of hydrogen-bond acceptors (Lipinski definition) is 3. The van der Waals surface area contributed by atoms with Gasteiger partial charge in [0.25, 0.3) is 0 Å². The zero-order valence-corrected chi connectivity index (χ0v) is 12.8. The van der Waals surface area contributed by atoms with Crippen molar-refractivity contribution in [3.05, 3.63) is 0 Å². The van der Waals surface area contributed by atoms with E-state index in [0.717, 1.165) is 30.4 Å². The number of rotatable bonds is 6. The van der Waals surface area contributed by atoms with E-state index in [4.69, 9.17) is 4.74 Å². The van der Waals surface area contributed by atoms with Crippen LogP contribution in [0.2, 0.25) is 0 Å². The highest BCUT2D eigenvalue weighted by Gasteiger charge is 2.30. The summed E-state index contributed by atoms with van der Waals surface area (Å²) in [5, 5.41) is 4.51. The highest BCUT2D eigenvalue weighted by molar-refractivity contribution is 8.00. The van der Waals surface area contributed by atoms with E-state index in [-0.39, 0.29) is 0 Å². The molecule has 0 aromatic heterocycles. The molecule has 18 heavy (non-hydrogen) atoms. The summed E-state index contributed by atoms with van der Waals surface area (Å²) in [6.07, 6.45) is 8.65. The van der Waals surface area contributed by atoms with Crippen LogP contribution in [0.5, 0.6) is 0 Å². The predicted molar refractivity (Wildman–Crippen MR) is 80.3 cm³/mol. The predicted octanol–water partition coefficient (Wildman–Crippen LogP) is 3.46. The molecule has 1 N–H and O–H groups in total. The van der Waals surface area contributed by atoms with E-state index in [2.05, 4.69) is 30.9 Å². The van der Waals surface area contributed by atoms with Crippen LogP contribution >= 0.6 is 11.8 Å². The highest BCUT2D eigenvalue weighted by atomic mass is 32.2. The Morgan fingerprint density at radius 3 is 2.78 bits per heavy atom. The van der Waals surface area contributed by atoms with Gasteiger partial charge in [-0.2, -0.15) is 11.8 Å². The fourth-order valence-electron chi connectivity index (χ4n) is 3.27. The average Bonchev–Trinajstić information content (AvgIpc) is 2.91. The molecule has 2 fully saturated rings. The van der Waals surface area contributed by atoms with Gasteiger partial charge in [-0.25, -0.2) is 0 Å². The molecular weight excluding hydrogens is 242 g/mol. The lowest BCUT2D eigenvalue weighted by Crippen LogP contribution is -2.43. The molecule has 0 bridgehead atoms. The van der Waals surface area contributed by atoms with Crippen molar-refractivity contribution in [2.75, 3.05) is 18.9 Å². The third-order valence-electron chi connectivity index (χ3n) is 4.46. The summed E-state index contributed by atoms with van der Waals surface area (Å²) in [5.41, 5.74) is 0. The molecule has 3 heteroatoms. The monoisotopic (exact) mass is 271 g/mol. The second-order valence-corrected chi connectivity index (χ2v) is 7.03. The van der Waals surface area contributed by atoms with Gasteiger partial charge in [0.05, 0.1) is 6.10 Å². The van der Waals surface area contributed by atoms with Crippen LogP contribution in [0.4, 0.5) is 0 Å². The van der Waals surface area contributed by atoms with Crippen LogP contribution in [-0.4, -0.2) is 36.3 Å². The number of nitrogens with one attached hydrogen (secondary N) is 1. The molecule has 0 aromatic carbocycles. The van der Waals surface area contributed by atoms with Crippen molar-refractivity contribution in [3.63, 3.8) is 0 Å². The summed E-state index contributed by atoms with van der Waals surface area (Å²) in [6.45, 7) is 6.68. The van der Waals surface area contributed by atoms with Gasteiger partial charge in [-0.1, -0.05) is 20.3 Å². The van der Waals surface area contributed by atoms with Gasteiger partial charge in [-0.15, -0.1) is 0 Å². The van der Waals surface area contributed by atoms with Crippen LogP contribution < -0.4 is 5.32 Å². The molecule has 1 saturated heterocycles. The van der Waals surface area contributed by atoms with E-state index in [1.54, 1.807) is 0 Å². The quantitative estimate of drug-likeness (QED) is 0.799. The molecule has 4 atom stereocenters. The maximum Gasteiger partial charge on any atom is 0.0666 e. The Hall–Kier alpha value is 0.270. The van der Waals surface area contributed by atoms with Gasteiger partial charge in [-0.05, 0) is 44.6 Å². The van der Waals surface area contributed by atoms with E-state index in [1.165, 1.54) is 44.3 Å². The summed E-state index contributed by atoms with van der Waals surface area (Å²) in [5.74, 6) is 2.17. The molecule has 0 spiro atoms. The molecule has 0 amide bonds. The summed E-state index contributed by atoms with van der Waals surface area (Å²) in [6, 6.07) is 0.740. The van der Waals surface area contributed by atoms with E-state index in [1.807, 2.05) is 0 Å². The normalized spacial score (nSPS) is 37.0. The van der Waals surface area contributed by atoms with Crippen LogP contribution in [-0.2, 0) is 4.74 Å². The standard InChI is InChI=1S/C15H29NOS/c1-3-12-7-8-14(16-4-2)15(10-12)18-11-13-6-5-9-17-13/h12-16H,3-11H2,1-2H3. The summed E-state index contributed by atoms with van der Waals surface area (Å²) in [7, 11) is 0. The van der Waals surface area contributed by atoms with Crippen LogP contribution in [0.3, 0.4) is 0 Å². The fourth-order valence-corrected chi connectivity index (χ4v) is 4.87. The number of hydrogen-bond donors (Lipinski definition) is 1. The first-order valence-electron chi connectivity index (χ1n) is 7.80. The third kappa shape index (κ3) is 4.14. The van der Waals surface area contributed by atoms with E-state index < -0.39 is 0 Å². The van der Waals surface area contributed by atoms with Crippen molar-refractivity contribution in [1.29, 1.82) is 0 Å². The molecule has 1 aliphatic heterocycles. The van der Waals surface area contributed by atoms with Crippen molar-refractivity contribution in [2.24, 2.45) is 5.92 Å². The van der Waals surface area contributed by atoms with E-state index in [0.29, 0.717) is 6.10 Å². The van der Waals surface area contributed by atoms with Crippen molar-refractivity contribution in [1.82, 2.24) is 5.32 Å². The minimum absolute atomic E-state index is 0.541. The van der Waals surface area contributed by atoms with Crippen LogP contribution in [0.15, 0.2) is 0 Å². The molecule has 1 saturated carbocycles.